The fraction of sp³-hybridized carbons (Fsp3) is 0.500. The summed E-state index contributed by atoms with van der Waals surface area (Å²) in [6.07, 6.45) is 4.00. The fourth-order valence-corrected chi connectivity index (χ4v) is 2.37. The van der Waals surface area contributed by atoms with E-state index in [1.54, 1.807) is 0 Å². The molecule has 0 atom stereocenters. The summed E-state index contributed by atoms with van der Waals surface area (Å²) in [6, 6.07) is 3.26. The Morgan fingerprint density at radius 3 is 2.92 bits per heavy atom. The summed E-state index contributed by atoms with van der Waals surface area (Å²) in [5.74, 6) is -0.593. The van der Waals surface area contributed by atoms with Crippen LogP contribution in [0.5, 0.6) is 5.75 Å². The van der Waals surface area contributed by atoms with E-state index in [1.807, 2.05) is 6.92 Å². The van der Waals surface area contributed by atoms with Crippen LogP contribution in [0.4, 0.5) is 8.78 Å². The van der Waals surface area contributed by atoms with Crippen LogP contribution in [-0.2, 0) is 4.74 Å². The number of halogens is 2. The summed E-state index contributed by atoms with van der Waals surface area (Å²) in [5, 5.41) is 6.29. The van der Waals surface area contributed by atoms with Crippen LogP contribution in [0.2, 0.25) is 0 Å². The molecule has 1 aliphatic rings. The first-order chi connectivity index (χ1) is 12.2. The highest BCUT2D eigenvalue weighted by Crippen LogP contribution is 2.17. The van der Waals surface area contributed by atoms with Crippen LogP contribution in [0, 0.1) is 11.6 Å². The van der Waals surface area contributed by atoms with Crippen LogP contribution in [0.3, 0.4) is 0 Å². The van der Waals surface area contributed by atoms with Crippen molar-refractivity contribution in [2.24, 2.45) is 4.99 Å². The number of nitrogens with one attached hydrogen (secondary N) is 2. The van der Waals surface area contributed by atoms with E-state index >= 15 is 0 Å². The van der Waals surface area contributed by atoms with Gasteiger partial charge in [0.15, 0.2) is 17.5 Å². The molecule has 2 rings (SSSR count). The summed E-state index contributed by atoms with van der Waals surface area (Å²) in [7, 11) is 0. The van der Waals surface area contributed by atoms with E-state index in [2.05, 4.69) is 21.7 Å². The molecule has 0 spiro atoms. The van der Waals surface area contributed by atoms with Gasteiger partial charge in [0.1, 0.15) is 12.4 Å². The predicted octanol–water partition coefficient (Wildman–Crippen LogP) is 2.64. The quantitative estimate of drug-likeness (QED) is 0.327. The maximum absolute atomic E-state index is 13.5. The Hall–Kier alpha value is -2.15. The Morgan fingerprint density at radius 2 is 2.20 bits per heavy atom. The van der Waals surface area contributed by atoms with Crippen LogP contribution in [0.1, 0.15) is 19.8 Å². The number of benzene rings is 1. The molecule has 0 unspecified atom stereocenters. The first-order valence-electron chi connectivity index (χ1n) is 8.54. The van der Waals surface area contributed by atoms with Gasteiger partial charge >= 0.3 is 0 Å². The Balaban J connectivity index is 1.72. The highest BCUT2D eigenvalue weighted by atomic mass is 19.1. The van der Waals surface area contributed by atoms with Crippen LogP contribution in [-0.4, -0.2) is 45.4 Å². The molecule has 2 N–H and O–H groups in total. The van der Waals surface area contributed by atoms with Crippen molar-refractivity contribution < 1.29 is 18.3 Å². The van der Waals surface area contributed by atoms with Crippen LogP contribution >= 0.6 is 0 Å². The monoisotopic (exact) mass is 353 g/mol. The van der Waals surface area contributed by atoms with Gasteiger partial charge < -0.3 is 20.1 Å². The number of hydrogen-bond donors (Lipinski definition) is 2. The number of aliphatic imine (C=N–C) groups is 1. The average molecular weight is 353 g/mol. The van der Waals surface area contributed by atoms with Crippen molar-refractivity contribution in [3.8, 4) is 5.75 Å². The highest BCUT2D eigenvalue weighted by Gasteiger charge is 2.05. The average Bonchev–Trinajstić information content (AvgIpc) is 2.61. The molecule has 0 radical (unpaired) electrons. The van der Waals surface area contributed by atoms with Gasteiger partial charge in [0, 0.05) is 19.2 Å². The number of nitrogens with zero attached hydrogens (tertiary/aromatic N) is 1. The summed E-state index contributed by atoms with van der Waals surface area (Å²) in [5.41, 5.74) is 1.38. The molecule has 0 bridgehead atoms. The molecule has 1 aliphatic heterocycles. The van der Waals surface area contributed by atoms with Gasteiger partial charge in [-0.2, -0.15) is 0 Å². The molecule has 7 heteroatoms. The lowest BCUT2D eigenvalue weighted by Crippen LogP contribution is -2.39. The molecule has 0 aliphatic carbocycles. The van der Waals surface area contributed by atoms with Gasteiger partial charge in [-0.3, -0.25) is 4.99 Å². The highest BCUT2D eigenvalue weighted by molar-refractivity contribution is 5.79. The van der Waals surface area contributed by atoms with Gasteiger partial charge in [0.05, 0.1) is 19.8 Å². The van der Waals surface area contributed by atoms with Crippen molar-refractivity contribution in [1.82, 2.24) is 10.6 Å². The minimum atomic E-state index is -0.703. The second-order valence-electron chi connectivity index (χ2n) is 5.55. The second kappa shape index (κ2) is 10.7. The van der Waals surface area contributed by atoms with Crippen molar-refractivity contribution in [3.63, 3.8) is 0 Å². The zero-order valence-corrected chi connectivity index (χ0v) is 14.5. The van der Waals surface area contributed by atoms with Gasteiger partial charge in [0.2, 0.25) is 0 Å². The van der Waals surface area contributed by atoms with Gasteiger partial charge in [-0.15, -0.1) is 0 Å². The van der Waals surface area contributed by atoms with Gasteiger partial charge in [-0.05, 0) is 31.9 Å². The number of hydrogen-bond acceptors (Lipinski definition) is 3. The lowest BCUT2D eigenvalue weighted by Gasteiger charge is -2.14. The SMILES string of the molecule is CCNC(=NCCC1=CCOCC1)NCCOc1ccc(F)cc1F. The van der Waals surface area contributed by atoms with Crippen molar-refractivity contribution >= 4 is 5.96 Å². The van der Waals surface area contributed by atoms with Crippen LogP contribution in [0.25, 0.3) is 0 Å². The van der Waals surface area contributed by atoms with E-state index in [1.165, 1.54) is 17.7 Å². The maximum Gasteiger partial charge on any atom is 0.191 e. The Kier molecular flexibility index (Phi) is 8.18. The van der Waals surface area contributed by atoms with E-state index in [9.17, 15) is 8.78 Å². The first kappa shape index (κ1) is 19.2. The Morgan fingerprint density at radius 1 is 1.32 bits per heavy atom. The van der Waals surface area contributed by atoms with E-state index < -0.39 is 11.6 Å². The molecule has 25 heavy (non-hydrogen) atoms. The first-order valence-corrected chi connectivity index (χ1v) is 8.54. The molecule has 5 nitrogen and oxygen atoms in total. The molecular weight excluding hydrogens is 328 g/mol. The zero-order valence-electron chi connectivity index (χ0n) is 14.5. The summed E-state index contributed by atoms with van der Waals surface area (Å²) < 4.78 is 36.9. The second-order valence-corrected chi connectivity index (χ2v) is 5.55. The van der Waals surface area contributed by atoms with Crippen LogP contribution in [0.15, 0.2) is 34.8 Å². The lowest BCUT2D eigenvalue weighted by molar-refractivity contribution is 0.153. The van der Waals surface area contributed by atoms with Crippen molar-refractivity contribution in [2.45, 2.75) is 19.8 Å². The molecule has 1 aromatic rings. The molecule has 0 saturated heterocycles. The third kappa shape index (κ3) is 7.09. The number of rotatable bonds is 8. The number of guanidine groups is 1. The molecule has 138 valence electrons. The third-order valence-corrected chi connectivity index (χ3v) is 3.65. The molecule has 0 fully saturated rings. The Labute approximate surface area is 147 Å². The largest absolute Gasteiger partial charge is 0.489 e. The predicted molar refractivity (Wildman–Crippen MR) is 94.0 cm³/mol. The molecule has 0 saturated carbocycles. The van der Waals surface area contributed by atoms with Gasteiger partial charge in [-0.1, -0.05) is 11.6 Å². The Bertz CT molecular complexity index is 606. The minimum absolute atomic E-state index is 0.0385. The summed E-state index contributed by atoms with van der Waals surface area (Å²) in [6.45, 7) is 5.60. The van der Waals surface area contributed by atoms with E-state index in [0.717, 1.165) is 32.1 Å². The third-order valence-electron chi connectivity index (χ3n) is 3.65. The normalized spacial score (nSPS) is 14.8. The fourth-order valence-electron chi connectivity index (χ4n) is 2.37. The molecule has 1 aromatic carbocycles. The van der Waals surface area contributed by atoms with Crippen LogP contribution < -0.4 is 15.4 Å². The molecule has 0 aromatic heterocycles. The lowest BCUT2D eigenvalue weighted by atomic mass is 10.1. The smallest absolute Gasteiger partial charge is 0.191 e. The van der Waals surface area contributed by atoms with Crippen molar-refractivity contribution in [1.29, 1.82) is 0 Å². The van der Waals surface area contributed by atoms with E-state index in [4.69, 9.17) is 9.47 Å². The zero-order chi connectivity index (χ0) is 17.9. The van der Waals surface area contributed by atoms with E-state index in [0.29, 0.717) is 25.7 Å². The maximum atomic E-state index is 13.5. The number of ether oxygens (including phenoxy) is 2. The molecule has 1 heterocycles. The van der Waals surface area contributed by atoms with Gasteiger partial charge in [0.25, 0.3) is 0 Å². The topological polar surface area (TPSA) is 54.9 Å². The van der Waals surface area contributed by atoms with Crippen molar-refractivity contribution in [3.05, 3.63) is 41.5 Å². The standard InChI is InChI=1S/C18H25F2N3O2/c1-2-21-18(22-8-5-14-6-10-24-11-7-14)23-9-12-25-17-4-3-15(19)13-16(17)20/h3-4,6,13H,2,5,7-12H2,1H3,(H2,21,22,23). The molecular formula is C18H25F2N3O2. The summed E-state index contributed by atoms with van der Waals surface area (Å²) in [4.78, 5) is 4.51. The summed E-state index contributed by atoms with van der Waals surface area (Å²) >= 11 is 0. The van der Waals surface area contributed by atoms with Crippen molar-refractivity contribution in [2.75, 3.05) is 39.5 Å². The van der Waals surface area contributed by atoms with Gasteiger partial charge in [-0.25, -0.2) is 8.78 Å². The minimum Gasteiger partial charge on any atom is -0.489 e. The van der Waals surface area contributed by atoms with E-state index in [-0.39, 0.29) is 12.4 Å². The molecule has 0 amide bonds.